The van der Waals surface area contributed by atoms with E-state index in [9.17, 15) is 13.2 Å². The molecule has 0 heterocycles. The van der Waals surface area contributed by atoms with Gasteiger partial charge in [0.25, 0.3) is 0 Å². The van der Waals surface area contributed by atoms with Gasteiger partial charge >= 0.3 is 16.1 Å². The first-order valence-electron chi connectivity index (χ1n) is 11.6. The second kappa shape index (κ2) is 11.5. The Kier molecular flexibility index (Phi) is 8.70. The molecule has 0 bridgehead atoms. The number of nitrogens with one attached hydrogen (secondary N) is 1. The fraction of sp³-hybridized carbons (Fsp3) is 0.321. The summed E-state index contributed by atoms with van der Waals surface area (Å²) in [5.74, 6) is -0.359. The molecule has 7 heteroatoms. The Labute approximate surface area is 208 Å². The molecule has 3 aromatic carbocycles. The van der Waals surface area contributed by atoms with Gasteiger partial charge in [-0.3, -0.25) is 4.79 Å². The van der Waals surface area contributed by atoms with Crippen molar-refractivity contribution in [2.24, 2.45) is 0 Å². The Hall–Kier alpha value is -3.16. The topological polar surface area (TPSA) is 81.7 Å². The molecule has 0 saturated heterocycles. The zero-order chi connectivity index (χ0) is 25.5. The lowest BCUT2D eigenvalue weighted by Crippen LogP contribution is -2.28. The van der Waals surface area contributed by atoms with E-state index >= 15 is 0 Å². The normalized spacial score (nSPS) is 12.7. The molecule has 1 N–H and O–H groups in total. The van der Waals surface area contributed by atoms with Crippen LogP contribution in [-0.4, -0.2) is 26.5 Å². The van der Waals surface area contributed by atoms with Crippen LogP contribution in [-0.2, 0) is 26.2 Å². The molecule has 0 fully saturated rings. The van der Waals surface area contributed by atoms with E-state index in [-0.39, 0.29) is 29.0 Å². The van der Waals surface area contributed by atoms with Crippen LogP contribution in [0.1, 0.15) is 49.8 Å². The van der Waals surface area contributed by atoms with E-state index in [1.165, 1.54) is 12.1 Å². The maximum atomic E-state index is 12.7. The molecule has 1 unspecified atom stereocenters. The van der Waals surface area contributed by atoms with Gasteiger partial charge < -0.3 is 14.2 Å². The Bertz CT molecular complexity index is 1220. The standard InChI is InChI=1S/C28H33NO5S/c1-21-13-15-26(16-14-21)35(31,32)34-25-12-8-11-23(17-25)24(18-27(30)33-28(2,3)4)20-29-19-22-9-6-5-7-10-22/h5-17,24,29H,18-20H2,1-4H3. The van der Waals surface area contributed by atoms with Gasteiger partial charge in [-0.2, -0.15) is 8.42 Å². The second-order valence-electron chi connectivity index (χ2n) is 9.53. The summed E-state index contributed by atoms with van der Waals surface area (Å²) in [5.41, 5.74) is 2.28. The molecule has 186 valence electrons. The highest BCUT2D eigenvalue weighted by molar-refractivity contribution is 7.87. The molecule has 0 amide bonds. The van der Waals surface area contributed by atoms with Crippen molar-refractivity contribution in [3.8, 4) is 5.75 Å². The van der Waals surface area contributed by atoms with E-state index in [0.717, 1.165) is 16.7 Å². The minimum absolute atomic E-state index is 0.0864. The number of benzene rings is 3. The lowest BCUT2D eigenvalue weighted by Gasteiger charge is -2.23. The van der Waals surface area contributed by atoms with Crippen molar-refractivity contribution >= 4 is 16.1 Å². The fourth-order valence-corrected chi connectivity index (χ4v) is 4.50. The van der Waals surface area contributed by atoms with Crippen molar-refractivity contribution in [2.45, 2.75) is 57.1 Å². The van der Waals surface area contributed by atoms with Gasteiger partial charge in [-0.25, -0.2) is 0 Å². The molecule has 0 aliphatic rings. The van der Waals surface area contributed by atoms with E-state index in [1.807, 2.05) is 64.1 Å². The summed E-state index contributed by atoms with van der Waals surface area (Å²) in [6.45, 7) is 8.52. The van der Waals surface area contributed by atoms with Gasteiger partial charge in [0, 0.05) is 19.0 Å². The molecule has 3 aromatic rings. The van der Waals surface area contributed by atoms with Gasteiger partial charge in [0.2, 0.25) is 0 Å². The highest BCUT2D eigenvalue weighted by Crippen LogP contribution is 2.27. The molecule has 1 atom stereocenters. The quantitative estimate of drug-likeness (QED) is 0.301. The number of carbonyl (C=O) groups is 1. The molecule has 35 heavy (non-hydrogen) atoms. The maximum Gasteiger partial charge on any atom is 0.339 e. The van der Waals surface area contributed by atoms with Crippen molar-refractivity contribution in [1.82, 2.24) is 5.32 Å². The number of esters is 1. The number of ether oxygens (including phenoxy) is 1. The van der Waals surface area contributed by atoms with E-state index in [1.54, 1.807) is 30.3 Å². The molecule has 0 radical (unpaired) electrons. The van der Waals surface area contributed by atoms with Crippen LogP contribution in [0.15, 0.2) is 83.8 Å². The first kappa shape index (κ1) is 26.4. The van der Waals surface area contributed by atoms with Gasteiger partial charge in [0.15, 0.2) is 0 Å². The highest BCUT2D eigenvalue weighted by atomic mass is 32.2. The van der Waals surface area contributed by atoms with Crippen molar-refractivity contribution < 1.29 is 22.1 Å². The van der Waals surface area contributed by atoms with E-state index in [0.29, 0.717) is 13.1 Å². The Morgan fingerprint density at radius 3 is 2.29 bits per heavy atom. The van der Waals surface area contributed by atoms with Crippen LogP contribution in [0.4, 0.5) is 0 Å². The van der Waals surface area contributed by atoms with Crippen LogP contribution < -0.4 is 9.50 Å². The first-order chi connectivity index (χ1) is 16.5. The minimum Gasteiger partial charge on any atom is -0.460 e. The third-order valence-corrected chi connectivity index (χ3v) is 6.50. The molecule has 0 aliphatic carbocycles. The summed E-state index contributed by atoms with van der Waals surface area (Å²) in [6, 6.07) is 23.3. The minimum atomic E-state index is -3.98. The molecule has 0 aromatic heterocycles. The monoisotopic (exact) mass is 495 g/mol. The summed E-state index contributed by atoms with van der Waals surface area (Å²) < 4.78 is 36.4. The molecule has 3 rings (SSSR count). The maximum absolute atomic E-state index is 12.7. The molecular formula is C28H33NO5S. The van der Waals surface area contributed by atoms with Crippen molar-refractivity contribution in [3.63, 3.8) is 0 Å². The van der Waals surface area contributed by atoms with Crippen LogP contribution in [0.25, 0.3) is 0 Å². The third-order valence-electron chi connectivity index (χ3n) is 5.24. The molecule has 0 saturated carbocycles. The van der Waals surface area contributed by atoms with Crippen LogP contribution in [0.5, 0.6) is 5.75 Å². The predicted octanol–water partition coefficient (Wildman–Crippen LogP) is 5.37. The smallest absolute Gasteiger partial charge is 0.339 e. The zero-order valence-electron chi connectivity index (χ0n) is 20.7. The van der Waals surface area contributed by atoms with Crippen molar-refractivity contribution in [2.75, 3.05) is 6.54 Å². The predicted molar refractivity (Wildman–Crippen MR) is 137 cm³/mol. The van der Waals surface area contributed by atoms with Gasteiger partial charge in [-0.1, -0.05) is 60.2 Å². The number of aryl methyl sites for hydroxylation is 1. The van der Waals surface area contributed by atoms with Gasteiger partial charge in [0.05, 0.1) is 6.42 Å². The van der Waals surface area contributed by atoms with E-state index in [2.05, 4.69) is 5.32 Å². The number of rotatable bonds is 10. The lowest BCUT2D eigenvalue weighted by molar-refractivity contribution is -0.155. The second-order valence-corrected chi connectivity index (χ2v) is 11.1. The summed E-state index contributed by atoms with van der Waals surface area (Å²) in [6.07, 6.45) is 0.146. The molecule has 0 aliphatic heterocycles. The van der Waals surface area contributed by atoms with Crippen LogP contribution >= 0.6 is 0 Å². The van der Waals surface area contributed by atoms with E-state index < -0.39 is 15.7 Å². The van der Waals surface area contributed by atoms with Crippen molar-refractivity contribution in [1.29, 1.82) is 0 Å². The fourth-order valence-electron chi connectivity index (χ4n) is 3.58. The molecule has 6 nitrogen and oxygen atoms in total. The Morgan fingerprint density at radius 2 is 1.63 bits per heavy atom. The zero-order valence-corrected chi connectivity index (χ0v) is 21.5. The highest BCUT2D eigenvalue weighted by Gasteiger charge is 2.23. The average Bonchev–Trinajstić information content (AvgIpc) is 2.78. The van der Waals surface area contributed by atoms with Crippen LogP contribution in [0.3, 0.4) is 0 Å². The van der Waals surface area contributed by atoms with Crippen molar-refractivity contribution in [3.05, 3.63) is 95.6 Å². The summed E-state index contributed by atoms with van der Waals surface area (Å²) >= 11 is 0. The number of carbonyl (C=O) groups excluding carboxylic acids is 1. The van der Waals surface area contributed by atoms with E-state index in [4.69, 9.17) is 8.92 Å². The summed E-state index contributed by atoms with van der Waals surface area (Å²) in [4.78, 5) is 12.7. The van der Waals surface area contributed by atoms with Crippen LogP contribution in [0.2, 0.25) is 0 Å². The first-order valence-corrected chi connectivity index (χ1v) is 13.0. The molecule has 0 spiro atoms. The largest absolute Gasteiger partial charge is 0.460 e. The lowest BCUT2D eigenvalue weighted by atomic mass is 9.95. The third kappa shape index (κ3) is 8.53. The number of hydrogen-bond acceptors (Lipinski definition) is 6. The molecular weight excluding hydrogens is 462 g/mol. The Balaban J connectivity index is 1.78. The summed E-state index contributed by atoms with van der Waals surface area (Å²) in [5, 5.41) is 3.40. The van der Waals surface area contributed by atoms with Gasteiger partial charge in [-0.05, 0) is 63.1 Å². The van der Waals surface area contributed by atoms with Gasteiger partial charge in [-0.15, -0.1) is 0 Å². The Morgan fingerprint density at radius 1 is 0.943 bits per heavy atom. The van der Waals surface area contributed by atoms with Crippen LogP contribution in [0, 0.1) is 6.92 Å². The van der Waals surface area contributed by atoms with Gasteiger partial charge in [0.1, 0.15) is 16.2 Å². The average molecular weight is 496 g/mol. The number of hydrogen-bond donors (Lipinski definition) is 1. The summed E-state index contributed by atoms with van der Waals surface area (Å²) in [7, 11) is -3.98. The SMILES string of the molecule is Cc1ccc(S(=O)(=O)Oc2cccc(C(CNCc3ccccc3)CC(=O)OC(C)(C)C)c2)cc1.